The number of pyridine rings is 3. The van der Waals surface area contributed by atoms with Crippen molar-refractivity contribution in [2.45, 2.75) is 0 Å². The summed E-state index contributed by atoms with van der Waals surface area (Å²) in [7, 11) is 0. The second kappa shape index (κ2) is 23.0. The Morgan fingerprint density at radius 2 is 0.705 bits per heavy atom. The Morgan fingerprint density at radius 1 is 0.295 bits per heavy atom. The van der Waals surface area contributed by atoms with Crippen LogP contribution in [0.1, 0.15) is 0 Å². The van der Waals surface area contributed by atoms with Gasteiger partial charge in [-0.05, 0) is 119 Å². The average Bonchev–Trinajstić information content (AvgIpc) is 3.53. The Morgan fingerprint density at radius 3 is 1.17 bits per heavy atom. The van der Waals surface area contributed by atoms with Crippen molar-refractivity contribution in [3.63, 3.8) is 0 Å². The minimum absolute atomic E-state index is 0. The van der Waals surface area contributed by atoms with Gasteiger partial charge in [-0.2, -0.15) is 0 Å². The fourth-order valence-corrected chi connectivity index (χ4v) is 9.80. The second-order valence-electron chi connectivity index (χ2n) is 18.2. The smallest absolute Gasteiger partial charge is 0.0408 e. The number of aromatic nitrogens is 3. The molecule has 1 radical (unpaired) electrons. The van der Waals surface area contributed by atoms with Gasteiger partial charge >= 0.3 is 0 Å². The predicted molar refractivity (Wildman–Crippen MR) is 302 cm³/mol. The van der Waals surface area contributed by atoms with Crippen molar-refractivity contribution >= 4 is 0 Å². The van der Waals surface area contributed by atoms with Crippen LogP contribution < -0.4 is 0 Å². The first kappa shape index (κ1) is 52.2. The van der Waals surface area contributed by atoms with E-state index in [2.05, 4.69) is 113 Å². The molecular formula is C70H43F4IrN3-4. The standard InChI is InChI=1S/C69H40F4N3.CH3.Ir/c70-53-29-31-61(65(72)38-53)67-33-27-48(41-74-67)55-17-7-9-19-57(55)50-35-51(58-20-10-8-18-56(58)49-28-34-68(75-42-49)62-32-30-54(71)39-66(62)73)37-52(36-50)59-21-11-12-22-60(59)64-43-76-69(47-15-5-2-6-16-47)40-63(64)46-25-23-45(24-26-46)44-13-3-1-4-14-44;;/h1-15,17-30,33-43H;1H3;/q-3;-1;. The summed E-state index contributed by atoms with van der Waals surface area (Å²) in [4.78, 5) is 14.4. The Balaban J connectivity index is 0.00000344. The predicted octanol–water partition coefficient (Wildman–Crippen LogP) is 18.6. The van der Waals surface area contributed by atoms with Crippen LogP contribution >= 0.6 is 0 Å². The van der Waals surface area contributed by atoms with E-state index in [4.69, 9.17) is 4.98 Å². The molecule has 0 saturated heterocycles. The fourth-order valence-electron chi connectivity index (χ4n) is 9.80. The summed E-state index contributed by atoms with van der Waals surface area (Å²) >= 11 is 0. The average molecular weight is 1190 g/mol. The van der Waals surface area contributed by atoms with Crippen molar-refractivity contribution < 1.29 is 37.7 Å². The van der Waals surface area contributed by atoms with Gasteiger partial charge in [-0.3, -0.25) is 17.6 Å². The zero-order chi connectivity index (χ0) is 51.5. The van der Waals surface area contributed by atoms with Gasteiger partial charge in [-0.15, -0.1) is 60.2 Å². The largest absolute Gasteiger partial charge is 0.358 e. The van der Waals surface area contributed by atoms with E-state index in [9.17, 15) is 17.6 Å². The van der Waals surface area contributed by atoms with Crippen LogP contribution in [0.5, 0.6) is 0 Å². The summed E-state index contributed by atoms with van der Waals surface area (Å²) in [6.45, 7) is 0. The van der Waals surface area contributed by atoms with Gasteiger partial charge in [0.25, 0.3) is 0 Å². The van der Waals surface area contributed by atoms with Gasteiger partial charge in [-0.1, -0.05) is 181 Å². The molecule has 0 N–H and O–H groups in total. The van der Waals surface area contributed by atoms with Crippen LogP contribution in [0.25, 0.3) is 123 Å². The maximum absolute atomic E-state index is 14.9. The molecule has 0 saturated carbocycles. The summed E-state index contributed by atoms with van der Waals surface area (Å²) in [6, 6.07) is 79.9. The van der Waals surface area contributed by atoms with E-state index in [-0.39, 0.29) is 38.7 Å². The van der Waals surface area contributed by atoms with Crippen LogP contribution in [0.4, 0.5) is 17.6 Å². The third-order valence-corrected chi connectivity index (χ3v) is 13.5. The third-order valence-electron chi connectivity index (χ3n) is 13.5. The molecule has 8 heteroatoms. The van der Waals surface area contributed by atoms with E-state index < -0.39 is 23.3 Å². The van der Waals surface area contributed by atoms with Crippen molar-refractivity contribution in [2.24, 2.45) is 0 Å². The van der Waals surface area contributed by atoms with E-state index in [1.54, 1.807) is 24.5 Å². The summed E-state index contributed by atoms with van der Waals surface area (Å²) in [6.07, 6.45) is 5.36. The molecule has 0 atom stereocenters. The third kappa shape index (κ3) is 10.6. The first-order valence-corrected chi connectivity index (χ1v) is 24.5. The van der Waals surface area contributed by atoms with Gasteiger partial charge < -0.3 is 22.4 Å². The Bertz CT molecular complexity index is 3920. The molecule has 78 heavy (non-hydrogen) atoms. The van der Waals surface area contributed by atoms with Crippen LogP contribution in [-0.4, -0.2) is 15.0 Å². The van der Waals surface area contributed by atoms with Gasteiger partial charge in [0.15, 0.2) is 0 Å². The number of rotatable bonds is 11. The quantitative estimate of drug-likeness (QED) is 0.0957. The summed E-state index contributed by atoms with van der Waals surface area (Å²) in [5.74, 6) is -2.91. The maximum atomic E-state index is 14.9. The monoisotopic (exact) mass is 1190 g/mol. The molecule has 3 nitrogen and oxygen atoms in total. The number of hydrogen-bond acceptors (Lipinski definition) is 3. The van der Waals surface area contributed by atoms with Gasteiger partial charge in [-0.25, -0.2) is 0 Å². The molecule has 12 rings (SSSR count). The molecule has 0 amide bonds. The summed E-state index contributed by atoms with van der Waals surface area (Å²) in [5, 5.41) is 0. The molecule has 0 fully saturated rings. The van der Waals surface area contributed by atoms with Crippen LogP contribution in [0, 0.1) is 48.9 Å². The number of halogens is 4. The van der Waals surface area contributed by atoms with Crippen molar-refractivity contribution in [1.29, 1.82) is 0 Å². The van der Waals surface area contributed by atoms with Crippen LogP contribution in [-0.2, 0) is 20.1 Å². The summed E-state index contributed by atoms with van der Waals surface area (Å²) < 4.78 is 57.5. The number of benzene rings is 9. The molecule has 3 heterocycles. The van der Waals surface area contributed by atoms with E-state index >= 15 is 0 Å². The molecule has 0 unspecified atom stereocenters. The van der Waals surface area contributed by atoms with Crippen LogP contribution in [0.15, 0.2) is 243 Å². The van der Waals surface area contributed by atoms with Crippen molar-refractivity contribution in [3.8, 4) is 123 Å². The normalized spacial score (nSPS) is 10.9. The molecule has 3 aromatic heterocycles. The van der Waals surface area contributed by atoms with Gasteiger partial charge in [0.05, 0.1) is 0 Å². The number of hydrogen-bond donors (Lipinski definition) is 0. The first-order chi connectivity index (χ1) is 37.3. The zero-order valence-corrected chi connectivity index (χ0v) is 44.2. The van der Waals surface area contributed by atoms with Crippen LogP contribution in [0.2, 0.25) is 0 Å². The first-order valence-electron chi connectivity index (χ1n) is 24.5. The second-order valence-corrected chi connectivity index (χ2v) is 18.2. The van der Waals surface area contributed by atoms with Gasteiger partial charge in [0.1, 0.15) is 0 Å². The van der Waals surface area contributed by atoms with Crippen molar-refractivity contribution in [3.05, 3.63) is 292 Å². The van der Waals surface area contributed by atoms with E-state index in [0.717, 1.165) is 125 Å². The van der Waals surface area contributed by atoms with E-state index in [1.165, 1.54) is 0 Å². The molecular weight excluding hydrogens is 1150 g/mol. The number of nitrogens with zero attached hydrogens (tertiary/aromatic N) is 3. The summed E-state index contributed by atoms with van der Waals surface area (Å²) in [5.41, 5.74) is 17.6. The molecule has 0 bridgehead atoms. The van der Waals surface area contributed by atoms with Crippen LogP contribution in [0.3, 0.4) is 0 Å². The van der Waals surface area contributed by atoms with Gasteiger partial charge in [0.2, 0.25) is 0 Å². The van der Waals surface area contributed by atoms with Gasteiger partial charge in [0, 0.05) is 67.5 Å². The minimum Gasteiger partial charge on any atom is -0.358 e. The molecule has 0 aliphatic carbocycles. The topological polar surface area (TPSA) is 38.7 Å². The molecule has 0 spiro atoms. The Kier molecular flexibility index (Phi) is 15.4. The SMILES string of the molecule is Fc1c[c-]c(-c2ccc(-c3ccccc3-c3cc(-c4ccccc4-c4ccc(-c5[c-]cc(F)cc5F)nc4)cc(-c4ccccc4-c4cnc(-c5[c-]cccc5)cc4-c4ccc(-c5ccccc5)cc4)c3)cn2)c(F)c1.[CH3-].[Ir]. The fraction of sp³-hybridized carbons (Fsp3) is 0. The molecule has 0 aliphatic rings. The molecule has 9 aromatic carbocycles. The minimum atomic E-state index is -0.743. The Hall–Kier alpha value is -9.20. The maximum Gasteiger partial charge on any atom is 0.0408 e. The van der Waals surface area contributed by atoms with Crippen molar-refractivity contribution in [2.75, 3.05) is 0 Å². The van der Waals surface area contributed by atoms with E-state index in [1.807, 2.05) is 109 Å². The Labute approximate surface area is 464 Å². The van der Waals surface area contributed by atoms with E-state index in [0.29, 0.717) is 11.4 Å². The molecule has 379 valence electrons. The molecule has 12 aromatic rings. The van der Waals surface area contributed by atoms with Crippen molar-refractivity contribution in [1.82, 2.24) is 15.0 Å². The zero-order valence-electron chi connectivity index (χ0n) is 41.8. The molecule has 0 aliphatic heterocycles.